The second-order valence-corrected chi connectivity index (χ2v) is 9.80. The van der Waals surface area contributed by atoms with E-state index in [0.717, 1.165) is 35.2 Å². The number of rotatable bonds is 3. The van der Waals surface area contributed by atoms with Crippen molar-refractivity contribution in [3.05, 3.63) is 126 Å². The topological polar surface area (TPSA) is 80.9 Å². The smallest absolute Gasteiger partial charge is 0.337 e. The van der Waals surface area contributed by atoms with Crippen molar-refractivity contribution in [1.82, 2.24) is 4.57 Å². The minimum absolute atomic E-state index is 0.117. The second-order valence-electron chi connectivity index (χ2n) is 8.79. The second kappa shape index (κ2) is 8.77. The van der Waals surface area contributed by atoms with Crippen molar-refractivity contribution in [3.8, 4) is 5.75 Å². The van der Waals surface area contributed by atoms with Crippen LogP contribution in [0.4, 0.5) is 0 Å². The third-order valence-corrected chi connectivity index (χ3v) is 7.73. The Morgan fingerprint density at radius 2 is 1.81 bits per heavy atom. The standard InChI is InChI=1S/C29H22N2O4S/c1-35-28(34)19-12-10-18(11-13-19)26-22-15-14-17-6-2-4-8-21(17)25(22)30-29-31(26)27(33)24(36-29)16-20-7-3-5-9-23(20)32/h2-13,16,26,32H,14-15H2,1H3. The Kier molecular flexibility index (Phi) is 5.42. The predicted octanol–water partition coefficient (Wildman–Crippen LogP) is 3.81. The highest BCUT2D eigenvalue weighted by atomic mass is 32.1. The lowest BCUT2D eigenvalue weighted by Gasteiger charge is -2.30. The number of para-hydroxylation sites is 1. The molecule has 2 aliphatic rings. The molecule has 1 aliphatic carbocycles. The Balaban J connectivity index is 1.60. The molecule has 0 amide bonds. The zero-order chi connectivity index (χ0) is 24.8. The maximum atomic E-state index is 13.8. The number of hydrogen-bond acceptors (Lipinski definition) is 6. The molecule has 6 nitrogen and oxygen atoms in total. The largest absolute Gasteiger partial charge is 0.507 e. The molecule has 3 aromatic carbocycles. The van der Waals surface area contributed by atoms with Gasteiger partial charge in [-0.25, -0.2) is 9.79 Å². The maximum absolute atomic E-state index is 13.8. The average Bonchev–Trinajstić information content (AvgIpc) is 3.22. The van der Waals surface area contributed by atoms with Crippen LogP contribution < -0.4 is 14.9 Å². The van der Waals surface area contributed by atoms with E-state index in [0.29, 0.717) is 20.5 Å². The quantitative estimate of drug-likeness (QED) is 0.439. The third kappa shape index (κ3) is 3.60. The van der Waals surface area contributed by atoms with E-state index >= 15 is 0 Å². The fourth-order valence-corrected chi connectivity index (χ4v) is 5.98. The monoisotopic (exact) mass is 494 g/mol. The molecule has 36 heavy (non-hydrogen) atoms. The van der Waals surface area contributed by atoms with E-state index in [1.165, 1.54) is 24.0 Å². The van der Waals surface area contributed by atoms with E-state index in [9.17, 15) is 14.7 Å². The van der Waals surface area contributed by atoms with E-state index in [1.807, 2.05) is 30.3 Å². The van der Waals surface area contributed by atoms with Crippen LogP contribution in [0.3, 0.4) is 0 Å². The number of nitrogens with zero attached hydrogens (tertiary/aromatic N) is 2. The van der Waals surface area contributed by atoms with E-state index in [-0.39, 0.29) is 17.4 Å². The van der Waals surface area contributed by atoms with E-state index in [1.54, 1.807) is 41.0 Å². The van der Waals surface area contributed by atoms with Gasteiger partial charge in [0.15, 0.2) is 4.80 Å². The number of carbonyl (C=O) groups excluding carboxylic acids is 1. The number of hydrogen-bond donors (Lipinski definition) is 1. The lowest BCUT2D eigenvalue weighted by atomic mass is 9.83. The van der Waals surface area contributed by atoms with Crippen LogP contribution in [-0.2, 0) is 11.2 Å². The Labute approximate surface area is 210 Å². The van der Waals surface area contributed by atoms with Gasteiger partial charge in [-0.3, -0.25) is 9.36 Å². The van der Waals surface area contributed by atoms with Crippen LogP contribution >= 0.6 is 11.3 Å². The number of benzene rings is 3. The molecular formula is C29H22N2O4S. The number of ether oxygens (including phenoxy) is 1. The molecule has 1 atom stereocenters. The molecule has 2 heterocycles. The van der Waals surface area contributed by atoms with Gasteiger partial charge in [0.1, 0.15) is 5.75 Å². The molecule has 178 valence electrons. The van der Waals surface area contributed by atoms with Gasteiger partial charge in [-0.15, -0.1) is 0 Å². The van der Waals surface area contributed by atoms with Crippen molar-refractivity contribution in [3.63, 3.8) is 0 Å². The molecule has 0 saturated heterocycles. The number of phenols is 1. The molecule has 0 fully saturated rings. The number of thiazole rings is 1. The Bertz CT molecular complexity index is 1730. The minimum Gasteiger partial charge on any atom is -0.507 e. The van der Waals surface area contributed by atoms with Gasteiger partial charge in [0.25, 0.3) is 5.56 Å². The van der Waals surface area contributed by atoms with Gasteiger partial charge >= 0.3 is 5.97 Å². The molecule has 1 unspecified atom stereocenters. The van der Waals surface area contributed by atoms with Crippen molar-refractivity contribution in [2.45, 2.75) is 18.9 Å². The summed E-state index contributed by atoms with van der Waals surface area (Å²) in [6.07, 6.45) is 3.36. The number of phenolic OH excluding ortho intramolecular Hbond substituents is 1. The first kappa shape index (κ1) is 22.2. The number of aromatic nitrogens is 1. The first-order valence-electron chi connectivity index (χ1n) is 11.6. The average molecular weight is 495 g/mol. The maximum Gasteiger partial charge on any atom is 0.337 e. The normalized spacial score (nSPS) is 16.6. The first-order valence-corrected chi connectivity index (χ1v) is 12.5. The molecule has 0 spiro atoms. The molecular weight excluding hydrogens is 472 g/mol. The van der Waals surface area contributed by atoms with Gasteiger partial charge in [0.2, 0.25) is 0 Å². The molecule has 1 aromatic heterocycles. The van der Waals surface area contributed by atoms with Gasteiger partial charge in [-0.2, -0.15) is 0 Å². The summed E-state index contributed by atoms with van der Waals surface area (Å²) in [4.78, 5) is 31.4. The van der Waals surface area contributed by atoms with Crippen LogP contribution in [0.2, 0.25) is 0 Å². The zero-order valence-corrected chi connectivity index (χ0v) is 20.3. The van der Waals surface area contributed by atoms with E-state index in [2.05, 4.69) is 12.1 Å². The van der Waals surface area contributed by atoms with Crippen LogP contribution in [0.1, 0.15) is 45.1 Å². The highest BCUT2D eigenvalue weighted by molar-refractivity contribution is 7.07. The molecule has 1 N–H and O–H groups in total. The summed E-state index contributed by atoms with van der Waals surface area (Å²) in [7, 11) is 1.36. The predicted molar refractivity (Wildman–Crippen MR) is 139 cm³/mol. The van der Waals surface area contributed by atoms with E-state index < -0.39 is 5.97 Å². The Morgan fingerprint density at radius 3 is 2.58 bits per heavy atom. The molecule has 1 aliphatic heterocycles. The Hall–Kier alpha value is -4.23. The van der Waals surface area contributed by atoms with Crippen LogP contribution in [-0.4, -0.2) is 22.8 Å². The summed E-state index contributed by atoms with van der Waals surface area (Å²) in [5, 5.41) is 10.3. The van der Waals surface area contributed by atoms with Crippen molar-refractivity contribution in [2.24, 2.45) is 4.99 Å². The molecule has 0 radical (unpaired) electrons. The number of aromatic hydroxyl groups is 1. The van der Waals surface area contributed by atoms with Gasteiger partial charge in [0, 0.05) is 11.1 Å². The summed E-state index contributed by atoms with van der Waals surface area (Å²) < 4.78 is 7.10. The van der Waals surface area contributed by atoms with Crippen LogP contribution in [0.5, 0.6) is 5.75 Å². The fourth-order valence-electron chi connectivity index (χ4n) is 4.99. The SMILES string of the molecule is COC(=O)c1ccc(C2C3=C(N=c4sc(=Cc5ccccc5O)c(=O)n42)c2ccccc2CC3)cc1. The summed E-state index contributed by atoms with van der Waals surface area (Å²) in [6, 6.07) is 22.1. The van der Waals surface area contributed by atoms with Gasteiger partial charge in [-0.1, -0.05) is 65.9 Å². The van der Waals surface area contributed by atoms with Crippen LogP contribution in [0, 0.1) is 0 Å². The number of fused-ring (bicyclic) bond motifs is 3. The van der Waals surface area contributed by atoms with Gasteiger partial charge in [0.05, 0.1) is 28.9 Å². The van der Waals surface area contributed by atoms with Crippen molar-refractivity contribution < 1.29 is 14.6 Å². The molecule has 0 bridgehead atoms. The van der Waals surface area contributed by atoms with Gasteiger partial charge < -0.3 is 9.84 Å². The number of esters is 1. The lowest BCUT2D eigenvalue weighted by Crippen LogP contribution is -2.38. The molecule has 6 rings (SSSR count). The zero-order valence-electron chi connectivity index (χ0n) is 19.5. The minimum atomic E-state index is -0.403. The van der Waals surface area contributed by atoms with Crippen molar-refractivity contribution in [1.29, 1.82) is 0 Å². The summed E-state index contributed by atoms with van der Waals surface area (Å²) in [5.74, 6) is -0.286. The number of aryl methyl sites for hydroxylation is 1. The lowest BCUT2D eigenvalue weighted by molar-refractivity contribution is 0.0600. The van der Waals surface area contributed by atoms with Crippen LogP contribution in [0.15, 0.2) is 88.2 Å². The van der Waals surface area contributed by atoms with E-state index in [4.69, 9.17) is 9.73 Å². The highest BCUT2D eigenvalue weighted by Gasteiger charge is 2.32. The highest BCUT2D eigenvalue weighted by Crippen LogP contribution is 2.41. The van der Waals surface area contributed by atoms with Gasteiger partial charge in [-0.05, 0) is 53.8 Å². The summed E-state index contributed by atoms with van der Waals surface area (Å²) in [5.41, 5.74) is 6.11. The first-order chi connectivity index (χ1) is 17.5. The number of carbonyl (C=O) groups is 1. The van der Waals surface area contributed by atoms with Crippen molar-refractivity contribution >= 4 is 29.1 Å². The van der Waals surface area contributed by atoms with Crippen molar-refractivity contribution in [2.75, 3.05) is 7.11 Å². The Morgan fingerprint density at radius 1 is 1.06 bits per heavy atom. The fraction of sp³-hybridized carbons (Fsp3) is 0.138. The third-order valence-electron chi connectivity index (χ3n) is 6.74. The summed E-state index contributed by atoms with van der Waals surface area (Å²) in [6.45, 7) is 0. The van der Waals surface area contributed by atoms with Crippen LogP contribution in [0.25, 0.3) is 11.8 Å². The summed E-state index contributed by atoms with van der Waals surface area (Å²) >= 11 is 1.31. The number of allylic oxidation sites excluding steroid dienone is 1. The molecule has 4 aromatic rings. The molecule has 0 saturated carbocycles. The number of methoxy groups -OCH3 is 1. The molecule has 7 heteroatoms.